The van der Waals surface area contributed by atoms with Gasteiger partial charge in [-0.15, -0.1) is 0 Å². The number of imidazole rings is 1. The summed E-state index contributed by atoms with van der Waals surface area (Å²) >= 11 is 0. The van der Waals surface area contributed by atoms with Gasteiger partial charge in [0.05, 0.1) is 22.8 Å². The molecule has 2 heterocycles. The van der Waals surface area contributed by atoms with Crippen LogP contribution < -0.4 is 5.73 Å². The Morgan fingerprint density at radius 3 is 2.80 bits per heavy atom. The molecular weight excluding hydrogens is 257 g/mol. The molecule has 0 unspecified atom stereocenters. The third kappa shape index (κ3) is 1.54. The van der Waals surface area contributed by atoms with Crippen LogP contribution in [-0.2, 0) is 7.05 Å². The van der Waals surface area contributed by atoms with Crippen LogP contribution >= 0.6 is 0 Å². The van der Waals surface area contributed by atoms with Gasteiger partial charge >= 0.3 is 0 Å². The molecule has 0 atom stereocenters. The average molecular weight is 271 g/mol. The van der Waals surface area contributed by atoms with Gasteiger partial charge in [0.15, 0.2) is 0 Å². The molecule has 0 saturated heterocycles. The highest BCUT2D eigenvalue weighted by Crippen LogP contribution is 2.42. The predicted molar refractivity (Wildman–Crippen MR) is 74.6 cm³/mol. The van der Waals surface area contributed by atoms with E-state index in [-0.39, 0.29) is 5.82 Å². The molecule has 20 heavy (non-hydrogen) atoms. The van der Waals surface area contributed by atoms with Crippen molar-refractivity contribution in [1.29, 1.82) is 0 Å². The number of nitrogens with zero attached hydrogens (tertiary/aromatic N) is 4. The van der Waals surface area contributed by atoms with E-state index in [1.54, 1.807) is 24.0 Å². The second-order valence-corrected chi connectivity index (χ2v) is 5.24. The molecule has 3 aromatic rings. The van der Waals surface area contributed by atoms with Crippen LogP contribution in [0.5, 0.6) is 0 Å². The van der Waals surface area contributed by atoms with Gasteiger partial charge in [-0.2, -0.15) is 5.10 Å². The SMILES string of the molecule is Cn1ncc(-c2nc3cc(F)ccc3n2C2CC2)c1N. The van der Waals surface area contributed by atoms with E-state index in [9.17, 15) is 4.39 Å². The van der Waals surface area contributed by atoms with E-state index in [0.717, 1.165) is 29.7 Å². The van der Waals surface area contributed by atoms with Gasteiger partial charge in [0.1, 0.15) is 17.5 Å². The third-order valence-electron chi connectivity index (χ3n) is 3.79. The van der Waals surface area contributed by atoms with Gasteiger partial charge in [-0.25, -0.2) is 9.37 Å². The monoisotopic (exact) mass is 271 g/mol. The van der Waals surface area contributed by atoms with Gasteiger partial charge in [0.25, 0.3) is 0 Å². The number of hydrogen-bond acceptors (Lipinski definition) is 3. The molecule has 4 rings (SSSR count). The number of nitrogen functional groups attached to an aromatic ring is 1. The van der Waals surface area contributed by atoms with Gasteiger partial charge in [-0.1, -0.05) is 0 Å². The van der Waals surface area contributed by atoms with Crippen molar-refractivity contribution >= 4 is 16.9 Å². The fourth-order valence-corrected chi connectivity index (χ4v) is 2.58. The number of aromatic nitrogens is 4. The molecule has 1 saturated carbocycles. The topological polar surface area (TPSA) is 61.7 Å². The summed E-state index contributed by atoms with van der Waals surface area (Å²) in [5.74, 6) is 1.07. The molecule has 1 aliphatic rings. The number of anilines is 1. The Morgan fingerprint density at radius 1 is 1.35 bits per heavy atom. The van der Waals surface area contributed by atoms with Crippen molar-refractivity contribution in [2.45, 2.75) is 18.9 Å². The highest BCUT2D eigenvalue weighted by molar-refractivity contribution is 5.83. The van der Waals surface area contributed by atoms with Crippen molar-refractivity contribution in [2.75, 3.05) is 5.73 Å². The Labute approximate surface area is 114 Å². The second-order valence-electron chi connectivity index (χ2n) is 5.24. The van der Waals surface area contributed by atoms with E-state index < -0.39 is 0 Å². The summed E-state index contributed by atoms with van der Waals surface area (Å²) in [7, 11) is 1.79. The Bertz CT molecular complexity index is 812. The molecule has 0 amide bonds. The summed E-state index contributed by atoms with van der Waals surface area (Å²) in [6, 6.07) is 5.15. The quantitative estimate of drug-likeness (QED) is 0.779. The maximum absolute atomic E-state index is 13.4. The lowest BCUT2D eigenvalue weighted by Gasteiger charge is -2.07. The highest BCUT2D eigenvalue weighted by Gasteiger charge is 2.29. The molecule has 1 aliphatic carbocycles. The van der Waals surface area contributed by atoms with Gasteiger partial charge in [0.2, 0.25) is 0 Å². The first kappa shape index (κ1) is 11.5. The maximum atomic E-state index is 13.4. The fraction of sp³-hybridized carbons (Fsp3) is 0.286. The van der Waals surface area contributed by atoms with E-state index in [1.165, 1.54) is 12.1 Å². The smallest absolute Gasteiger partial charge is 0.146 e. The number of aryl methyl sites for hydroxylation is 1. The zero-order valence-corrected chi connectivity index (χ0v) is 11.0. The minimum absolute atomic E-state index is 0.274. The van der Waals surface area contributed by atoms with Crippen LogP contribution in [0.1, 0.15) is 18.9 Å². The fourth-order valence-electron chi connectivity index (χ4n) is 2.58. The highest BCUT2D eigenvalue weighted by atomic mass is 19.1. The second kappa shape index (κ2) is 3.82. The summed E-state index contributed by atoms with van der Waals surface area (Å²) in [5, 5.41) is 4.17. The number of benzene rings is 1. The predicted octanol–water partition coefficient (Wildman–Crippen LogP) is 2.49. The lowest BCUT2D eigenvalue weighted by molar-refractivity contribution is 0.629. The van der Waals surface area contributed by atoms with Crippen molar-refractivity contribution in [3.63, 3.8) is 0 Å². The Balaban J connectivity index is 2.03. The normalized spacial score (nSPS) is 15.1. The molecule has 102 valence electrons. The summed E-state index contributed by atoms with van der Waals surface area (Å²) in [4.78, 5) is 4.57. The molecule has 6 heteroatoms. The van der Waals surface area contributed by atoms with E-state index in [0.29, 0.717) is 17.4 Å². The molecule has 1 fully saturated rings. The van der Waals surface area contributed by atoms with E-state index in [2.05, 4.69) is 14.6 Å². The van der Waals surface area contributed by atoms with Crippen LogP contribution in [0.15, 0.2) is 24.4 Å². The number of hydrogen-bond donors (Lipinski definition) is 1. The molecule has 2 aromatic heterocycles. The number of fused-ring (bicyclic) bond motifs is 1. The molecule has 0 bridgehead atoms. The summed E-state index contributed by atoms with van der Waals surface area (Å²) in [6.07, 6.45) is 3.96. The molecule has 5 nitrogen and oxygen atoms in total. The van der Waals surface area contributed by atoms with Crippen LogP contribution in [0, 0.1) is 5.82 Å². The van der Waals surface area contributed by atoms with Gasteiger partial charge in [-0.3, -0.25) is 4.68 Å². The first-order chi connectivity index (χ1) is 9.65. The van der Waals surface area contributed by atoms with E-state index in [4.69, 9.17) is 5.73 Å². The van der Waals surface area contributed by atoms with Crippen LogP contribution in [-0.4, -0.2) is 19.3 Å². The summed E-state index contributed by atoms with van der Waals surface area (Å²) in [6.45, 7) is 0. The lowest BCUT2D eigenvalue weighted by Crippen LogP contribution is -2.01. The van der Waals surface area contributed by atoms with E-state index in [1.807, 2.05) is 0 Å². The van der Waals surface area contributed by atoms with Gasteiger partial charge in [0, 0.05) is 19.2 Å². The standard InChI is InChI=1S/C14H14FN5/c1-19-13(16)10(7-17-19)14-18-11-6-8(15)2-5-12(11)20(14)9-3-4-9/h2,5-7,9H,3-4,16H2,1H3. The van der Waals surface area contributed by atoms with Crippen molar-refractivity contribution < 1.29 is 4.39 Å². The molecule has 0 spiro atoms. The summed E-state index contributed by atoms with van der Waals surface area (Å²) < 4.78 is 17.2. The molecule has 1 aromatic carbocycles. The number of nitrogens with two attached hydrogens (primary N) is 1. The maximum Gasteiger partial charge on any atom is 0.146 e. The van der Waals surface area contributed by atoms with E-state index >= 15 is 0 Å². The molecule has 0 radical (unpaired) electrons. The van der Waals surface area contributed by atoms with Crippen LogP contribution in [0.3, 0.4) is 0 Å². The Hall–Kier alpha value is -2.37. The van der Waals surface area contributed by atoms with Crippen LogP contribution in [0.25, 0.3) is 22.4 Å². The van der Waals surface area contributed by atoms with Crippen LogP contribution in [0.4, 0.5) is 10.2 Å². The van der Waals surface area contributed by atoms with Crippen molar-refractivity contribution in [1.82, 2.24) is 19.3 Å². The van der Waals surface area contributed by atoms with Crippen molar-refractivity contribution in [3.8, 4) is 11.4 Å². The molecular formula is C14H14FN5. The summed E-state index contributed by atoms with van der Waals surface area (Å²) in [5.41, 5.74) is 8.46. The number of halogens is 1. The first-order valence-corrected chi connectivity index (χ1v) is 6.60. The number of rotatable bonds is 2. The first-order valence-electron chi connectivity index (χ1n) is 6.60. The lowest BCUT2D eigenvalue weighted by atomic mass is 10.3. The van der Waals surface area contributed by atoms with Crippen molar-refractivity contribution in [3.05, 3.63) is 30.2 Å². The van der Waals surface area contributed by atoms with Crippen molar-refractivity contribution in [2.24, 2.45) is 7.05 Å². The molecule has 2 N–H and O–H groups in total. The molecule has 0 aliphatic heterocycles. The zero-order valence-electron chi connectivity index (χ0n) is 11.0. The Kier molecular flexibility index (Phi) is 2.19. The Morgan fingerprint density at radius 2 is 2.15 bits per heavy atom. The van der Waals surface area contributed by atoms with Gasteiger partial charge in [-0.05, 0) is 25.0 Å². The van der Waals surface area contributed by atoms with Crippen LogP contribution in [0.2, 0.25) is 0 Å². The minimum atomic E-state index is -0.274. The van der Waals surface area contributed by atoms with Gasteiger partial charge < -0.3 is 10.3 Å². The zero-order chi connectivity index (χ0) is 13.9. The largest absolute Gasteiger partial charge is 0.383 e. The third-order valence-corrected chi connectivity index (χ3v) is 3.79. The minimum Gasteiger partial charge on any atom is -0.383 e. The average Bonchev–Trinajstić information content (AvgIpc) is 3.12.